The number of fused-ring (bicyclic) bond motifs is 1. The molecule has 1 aromatic rings. The molecule has 0 radical (unpaired) electrons. The van der Waals surface area contributed by atoms with Gasteiger partial charge in [-0.3, -0.25) is 4.79 Å². The summed E-state index contributed by atoms with van der Waals surface area (Å²) in [6, 6.07) is 0. The van der Waals surface area contributed by atoms with E-state index in [0.717, 1.165) is 24.0 Å². The van der Waals surface area contributed by atoms with Gasteiger partial charge in [0.25, 0.3) is 0 Å². The molecule has 0 saturated carbocycles. The summed E-state index contributed by atoms with van der Waals surface area (Å²) in [7, 11) is 0. The first-order chi connectivity index (χ1) is 6.12. The van der Waals surface area contributed by atoms with Gasteiger partial charge in [-0.15, -0.1) is 11.6 Å². The number of hydrogen-bond donors (Lipinski definition) is 1. The highest BCUT2D eigenvalue weighted by Crippen LogP contribution is 2.31. The van der Waals surface area contributed by atoms with Crippen LogP contribution in [-0.2, 0) is 6.42 Å². The van der Waals surface area contributed by atoms with Crippen molar-refractivity contribution in [2.24, 2.45) is 0 Å². The standard InChI is InChI=1S/C10H10ClNO/c1-10(11)3-2-8-7(6-13)5-12-9(8)4-10/h2-3,5-6,12H,4H2,1H3. The Morgan fingerprint density at radius 1 is 1.69 bits per heavy atom. The molecule has 1 aliphatic carbocycles. The van der Waals surface area contributed by atoms with E-state index in [4.69, 9.17) is 11.6 Å². The molecular weight excluding hydrogens is 186 g/mol. The molecule has 0 aromatic carbocycles. The molecule has 1 atom stereocenters. The maximum atomic E-state index is 10.6. The van der Waals surface area contributed by atoms with Crippen LogP contribution < -0.4 is 0 Å². The van der Waals surface area contributed by atoms with Crippen LogP contribution in [0.25, 0.3) is 6.08 Å². The molecule has 2 nitrogen and oxygen atoms in total. The zero-order valence-electron chi connectivity index (χ0n) is 7.30. The molecule has 13 heavy (non-hydrogen) atoms. The number of aromatic amines is 1. The lowest BCUT2D eigenvalue weighted by Gasteiger charge is -2.21. The number of allylic oxidation sites excluding steroid dienone is 1. The Bertz CT molecular complexity index is 376. The largest absolute Gasteiger partial charge is 0.364 e. The summed E-state index contributed by atoms with van der Waals surface area (Å²) >= 11 is 6.16. The Labute approximate surface area is 81.6 Å². The van der Waals surface area contributed by atoms with Crippen LogP contribution in [-0.4, -0.2) is 16.1 Å². The second-order valence-electron chi connectivity index (χ2n) is 3.54. The molecule has 68 valence electrons. The van der Waals surface area contributed by atoms with Crippen molar-refractivity contribution in [3.05, 3.63) is 29.1 Å². The van der Waals surface area contributed by atoms with E-state index in [-0.39, 0.29) is 4.87 Å². The van der Waals surface area contributed by atoms with Crippen LogP contribution in [0, 0.1) is 0 Å². The van der Waals surface area contributed by atoms with Crippen molar-refractivity contribution in [3.63, 3.8) is 0 Å². The highest BCUT2D eigenvalue weighted by atomic mass is 35.5. The fraction of sp³-hybridized carbons (Fsp3) is 0.300. The molecule has 1 aliphatic rings. The zero-order valence-corrected chi connectivity index (χ0v) is 8.06. The van der Waals surface area contributed by atoms with E-state index in [9.17, 15) is 4.79 Å². The summed E-state index contributed by atoms with van der Waals surface area (Å²) < 4.78 is 0. The summed E-state index contributed by atoms with van der Waals surface area (Å²) in [5, 5.41) is 0. The molecule has 1 heterocycles. The Kier molecular flexibility index (Phi) is 1.81. The van der Waals surface area contributed by atoms with Crippen LogP contribution in [0.15, 0.2) is 12.3 Å². The van der Waals surface area contributed by atoms with Gasteiger partial charge in [-0.1, -0.05) is 12.2 Å². The Balaban J connectivity index is 2.48. The van der Waals surface area contributed by atoms with Crippen LogP contribution >= 0.6 is 11.6 Å². The van der Waals surface area contributed by atoms with Gasteiger partial charge in [0, 0.05) is 29.4 Å². The average molecular weight is 196 g/mol. The Hall–Kier alpha value is -1.02. The summed E-state index contributed by atoms with van der Waals surface area (Å²) in [5.41, 5.74) is 2.73. The molecule has 0 saturated heterocycles. The van der Waals surface area contributed by atoms with E-state index >= 15 is 0 Å². The second kappa shape index (κ2) is 2.74. The minimum Gasteiger partial charge on any atom is -0.364 e. The highest BCUT2D eigenvalue weighted by Gasteiger charge is 2.25. The van der Waals surface area contributed by atoms with Gasteiger partial charge in [0.1, 0.15) is 0 Å². The molecule has 2 rings (SSSR count). The van der Waals surface area contributed by atoms with Gasteiger partial charge in [0.15, 0.2) is 6.29 Å². The molecule has 3 heteroatoms. The summed E-state index contributed by atoms with van der Waals surface area (Å²) in [6.45, 7) is 1.95. The summed E-state index contributed by atoms with van der Waals surface area (Å²) in [5.74, 6) is 0. The van der Waals surface area contributed by atoms with E-state index in [1.54, 1.807) is 6.20 Å². The van der Waals surface area contributed by atoms with E-state index < -0.39 is 0 Å². The monoisotopic (exact) mass is 195 g/mol. The number of nitrogens with one attached hydrogen (secondary N) is 1. The summed E-state index contributed by atoms with van der Waals surface area (Å²) in [4.78, 5) is 13.4. The maximum absolute atomic E-state index is 10.6. The first kappa shape index (κ1) is 8.57. The quantitative estimate of drug-likeness (QED) is 0.542. The highest BCUT2D eigenvalue weighted by molar-refractivity contribution is 6.25. The van der Waals surface area contributed by atoms with Crippen LogP contribution in [0.3, 0.4) is 0 Å². The first-order valence-electron chi connectivity index (χ1n) is 4.16. The third-order valence-corrected chi connectivity index (χ3v) is 2.54. The number of rotatable bonds is 1. The topological polar surface area (TPSA) is 32.9 Å². The van der Waals surface area contributed by atoms with Crippen molar-refractivity contribution in [3.8, 4) is 0 Å². The number of alkyl halides is 1. The van der Waals surface area contributed by atoms with Gasteiger partial charge in [-0.05, 0) is 6.92 Å². The third-order valence-electron chi connectivity index (χ3n) is 2.28. The molecular formula is C10H10ClNO. The van der Waals surface area contributed by atoms with Crippen molar-refractivity contribution in [1.29, 1.82) is 0 Å². The van der Waals surface area contributed by atoms with Gasteiger partial charge < -0.3 is 4.98 Å². The summed E-state index contributed by atoms with van der Waals surface area (Å²) in [6.07, 6.45) is 7.16. The molecule has 0 spiro atoms. The van der Waals surface area contributed by atoms with Gasteiger partial charge >= 0.3 is 0 Å². The molecule has 0 aliphatic heterocycles. The number of halogens is 1. The predicted octanol–water partition coefficient (Wildman–Crippen LogP) is 2.39. The fourth-order valence-corrected chi connectivity index (χ4v) is 1.79. The number of carbonyl (C=O) groups excluding carboxylic acids is 1. The van der Waals surface area contributed by atoms with Gasteiger partial charge in [-0.2, -0.15) is 0 Å². The third kappa shape index (κ3) is 1.42. The average Bonchev–Trinajstić information content (AvgIpc) is 2.44. The SMILES string of the molecule is CC1(Cl)C=Cc2c(C=O)c[nH]c2C1. The molecule has 0 bridgehead atoms. The first-order valence-corrected chi connectivity index (χ1v) is 4.54. The van der Waals surface area contributed by atoms with Crippen molar-refractivity contribution in [2.75, 3.05) is 0 Å². The maximum Gasteiger partial charge on any atom is 0.152 e. The molecule has 0 amide bonds. The number of aromatic nitrogens is 1. The number of aldehydes is 1. The molecule has 1 N–H and O–H groups in total. The molecule has 1 unspecified atom stereocenters. The smallest absolute Gasteiger partial charge is 0.152 e. The van der Waals surface area contributed by atoms with E-state index in [1.807, 2.05) is 19.1 Å². The minimum absolute atomic E-state index is 0.321. The lowest BCUT2D eigenvalue weighted by atomic mass is 9.94. The van der Waals surface area contributed by atoms with E-state index in [0.29, 0.717) is 5.56 Å². The van der Waals surface area contributed by atoms with Crippen LogP contribution in [0.2, 0.25) is 0 Å². The van der Waals surface area contributed by atoms with Crippen molar-refractivity contribution < 1.29 is 4.79 Å². The lowest BCUT2D eigenvalue weighted by Crippen LogP contribution is -2.19. The van der Waals surface area contributed by atoms with E-state index in [2.05, 4.69) is 4.98 Å². The van der Waals surface area contributed by atoms with Crippen molar-refractivity contribution >= 4 is 24.0 Å². The van der Waals surface area contributed by atoms with Gasteiger partial charge in [0.2, 0.25) is 0 Å². The normalized spacial score (nSPS) is 25.7. The second-order valence-corrected chi connectivity index (χ2v) is 4.41. The number of carbonyl (C=O) groups is 1. The van der Waals surface area contributed by atoms with Crippen LogP contribution in [0.5, 0.6) is 0 Å². The van der Waals surface area contributed by atoms with Gasteiger partial charge in [-0.25, -0.2) is 0 Å². The molecule has 1 aromatic heterocycles. The van der Waals surface area contributed by atoms with Crippen molar-refractivity contribution in [1.82, 2.24) is 4.98 Å². The van der Waals surface area contributed by atoms with E-state index in [1.165, 1.54) is 0 Å². The van der Waals surface area contributed by atoms with Crippen LogP contribution in [0.4, 0.5) is 0 Å². The minimum atomic E-state index is -0.321. The Morgan fingerprint density at radius 3 is 3.15 bits per heavy atom. The molecule has 0 fully saturated rings. The zero-order chi connectivity index (χ0) is 9.47. The number of hydrogen-bond acceptors (Lipinski definition) is 1. The number of H-pyrrole nitrogens is 1. The van der Waals surface area contributed by atoms with Crippen LogP contribution in [0.1, 0.15) is 28.5 Å². The lowest BCUT2D eigenvalue weighted by molar-refractivity contribution is 0.112. The Morgan fingerprint density at radius 2 is 2.46 bits per heavy atom. The van der Waals surface area contributed by atoms with Gasteiger partial charge in [0.05, 0.1) is 4.87 Å². The fourth-order valence-electron chi connectivity index (χ4n) is 1.60. The predicted molar refractivity (Wildman–Crippen MR) is 53.2 cm³/mol. The van der Waals surface area contributed by atoms with Crippen molar-refractivity contribution in [2.45, 2.75) is 18.2 Å².